The van der Waals surface area contributed by atoms with Crippen LogP contribution in [0.3, 0.4) is 0 Å². The van der Waals surface area contributed by atoms with Gasteiger partial charge in [0.25, 0.3) is 5.91 Å². The Morgan fingerprint density at radius 1 is 1.06 bits per heavy atom. The van der Waals surface area contributed by atoms with Gasteiger partial charge in [0.1, 0.15) is 11.5 Å². The average Bonchev–Trinajstić information content (AvgIpc) is 2.82. The Labute approximate surface area is 198 Å². The molecule has 2 atom stereocenters. The van der Waals surface area contributed by atoms with E-state index in [9.17, 15) is 10.1 Å². The predicted octanol–water partition coefficient (Wildman–Crippen LogP) is 5.18. The smallest absolute Gasteiger partial charge is 0.255 e. The topological polar surface area (TPSA) is 97.4 Å². The van der Waals surface area contributed by atoms with Gasteiger partial charge in [0.15, 0.2) is 0 Å². The number of nitrogens with one attached hydrogen (secondary N) is 1. The number of ether oxygens (including phenoxy) is 2. The van der Waals surface area contributed by atoms with Gasteiger partial charge in [0.05, 0.1) is 42.5 Å². The molecule has 0 heterocycles. The van der Waals surface area contributed by atoms with E-state index in [4.69, 9.17) is 26.8 Å². The molecule has 7 heteroatoms. The molecule has 3 N–H and O–H groups in total. The van der Waals surface area contributed by atoms with Crippen LogP contribution in [0.2, 0.25) is 5.02 Å². The summed E-state index contributed by atoms with van der Waals surface area (Å²) in [5.74, 6) is 0.621. The lowest BCUT2D eigenvalue weighted by atomic mass is 9.93. The summed E-state index contributed by atoms with van der Waals surface area (Å²) in [6, 6.07) is 20.3. The number of hydrogen-bond acceptors (Lipinski definition) is 5. The molecule has 0 aliphatic rings. The van der Waals surface area contributed by atoms with Crippen molar-refractivity contribution in [1.82, 2.24) is 5.32 Å². The summed E-state index contributed by atoms with van der Waals surface area (Å²) in [5, 5.41) is 12.9. The third-order valence-electron chi connectivity index (χ3n) is 5.07. The number of methoxy groups -OCH3 is 1. The van der Waals surface area contributed by atoms with Gasteiger partial charge in [-0.2, -0.15) is 5.26 Å². The SMILES string of the molecule is COc1cccc(C(NC(=O)c2ccc(C#N)cc2OC(C)C)C(N)c2ccc(Cl)cc2)c1. The molecule has 3 aromatic rings. The van der Waals surface area contributed by atoms with Gasteiger partial charge in [-0.05, 0) is 67.4 Å². The van der Waals surface area contributed by atoms with Crippen LogP contribution in [0.15, 0.2) is 66.7 Å². The lowest BCUT2D eigenvalue weighted by Gasteiger charge is -2.27. The molecule has 0 bridgehead atoms. The lowest BCUT2D eigenvalue weighted by Crippen LogP contribution is -2.36. The van der Waals surface area contributed by atoms with Gasteiger partial charge in [-0.3, -0.25) is 4.79 Å². The summed E-state index contributed by atoms with van der Waals surface area (Å²) in [6.07, 6.45) is -0.170. The van der Waals surface area contributed by atoms with E-state index in [1.54, 1.807) is 37.4 Å². The number of halogens is 1. The second-order valence-corrected chi connectivity index (χ2v) is 8.23. The minimum atomic E-state index is -0.573. The molecule has 33 heavy (non-hydrogen) atoms. The fourth-order valence-electron chi connectivity index (χ4n) is 3.44. The lowest BCUT2D eigenvalue weighted by molar-refractivity contribution is 0.0924. The van der Waals surface area contributed by atoms with Crippen LogP contribution in [-0.2, 0) is 0 Å². The summed E-state index contributed by atoms with van der Waals surface area (Å²) < 4.78 is 11.2. The standard InChI is InChI=1S/C26H26ClN3O3/c1-16(2)33-23-13-17(15-28)7-12-22(23)26(31)30-25(19-5-4-6-21(14-19)32-3)24(29)18-8-10-20(27)11-9-18/h4-14,16,24-25H,29H2,1-3H3,(H,30,31). The highest BCUT2D eigenvalue weighted by atomic mass is 35.5. The number of nitrogens with zero attached hydrogens (tertiary/aromatic N) is 1. The van der Waals surface area contributed by atoms with Gasteiger partial charge in [0.2, 0.25) is 0 Å². The Hall–Kier alpha value is -3.53. The molecule has 0 fully saturated rings. The van der Waals surface area contributed by atoms with E-state index in [0.29, 0.717) is 27.6 Å². The maximum Gasteiger partial charge on any atom is 0.255 e. The van der Waals surface area contributed by atoms with Crippen LogP contribution < -0.4 is 20.5 Å². The Balaban J connectivity index is 2.00. The van der Waals surface area contributed by atoms with Crippen LogP contribution >= 0.6 is 11.6 Å². The molecule has 0 saturated heterocycles. The molecule has 0 saturated carbocycles. The van der Waals surface area contributed by atoms with E-state index < -0.39 is 12.1 Å². The maximum absolute atomic E-state index is 13.4. The molecular formula is C26H26ClN3O3. The van der Waals surface area contributed by atoms with E-state index in [0.717, 1.165) is 11.1 Å². The first-order valence-corrected chi connectivity index (χ1v) is 10.9. The van der Waals surface area contributed by atoms with Crippen molar-refractivity contribution in [1.29, 1.82) is 5.26 Å². The first-order valence-electron chi connectivity index (χ1n) is 10.5. The van der Waals surface area contributed by atoms with Gasteiger partial charge in [-0.1, -0.05) is 35.9 Å². The summed E-state index contributed by atoms with van der Waals surface area (Å²) >= 11 is 6.04. The molecule has 6 nitrogen and oxygen atoms in total. The summed E-state index contributed by atoms with van der Waals surface area (Å²) in [4.78, 5) is 13.4. The van der Waals surface area contributed by atoms with Crippen LogP contribution in [0, 0.1) is 11.3 Å². The van der Waals surface area contributed by atoms with Crippen LogP contribution in [0.1, 0.15) is 53.0 Å². The van der Waals surface area contributed by atoms with Crippen molar-refractivity contribution in [2.75, 3.05) is 7.11 Å². The van der Waals surface area contributed by atoms with Crippen molar-refractivity contribution in [3.05, 3.63) is 94.0 Å². The number of rotatable bonds is 8. The van der Waals surface area contributed by atoms with Gasteiger partial charge in [-0.15, -0.1) is 0 Å². The van der Waals surface area contributed by atoms with Crippen LogP contribution in [0.5, 0.6) is 11.5 Å². The minimum Gasteiger partial charge on any atom is -0.497 e. The van der Waals surface area contributed by atoms with Crippen molar-refractivity contribution in [2.45, 2.75) is 32.0 Å². The minimum absolute atomic E-state index is 0.170. The highest BCUT2D eigenvalue weighted by molar-refractivity contribution is 6.30. The van der Waals surface area contributed by atoms with Crippen molar-refractivity contribution in [3.63, 3.8) is 0 Å². The van der Waals surface area contributed by atoms with E-state index >= 15 is 0 Å². The Morgan fingerprint density at radius 3 is 2.42 bits per heavy atom. The third-order valence-corrected chi connectivity index (χ3v) is 5.32. The molecule has 0 aromatic heterocycles. The summed E-state index contributed by atoms with van der Waals surface area (Å²) in [5.41, 5.74) is 8.95. The fraction of sp³-hybridized carbons (Fsp3) is 0.231. The monoisotopic (exact) mass is 463 g/mol. The van der Waals surface area contributed by atoms with Crippen molar-refractivity contribution < 1.29 is 14.3 Å². The second kappa shape index (κ2) is 10.9. The first kappa shape index (κ1) is 24.1. The van der Waals surface area contributed by atoms with Gasteiger partial charge in [-0.25, -0.2) is 0 Å². The molecule has 170 valence electrons. The quantitative estimate of drug-likeness (QED) is 0.479. The summed E-state index contributed by atoms with van der Waals surface area (Å²) in [6.45, 7) is 3.71. The Bertz CT molecular complexity index is 1160. The number of amides is 1. The molecule has 0 spiro atoms. The van der Waals surface area contributed by atoms with E-state index in [1.807, 2.05) is 50.2 Å². The fourth-order valence-corrected chi connectivity index (χ4v) is 3.57. The highest BCUT2D eigenvalue weighted by Crippen LogP contribution is 2.31. The molecule has 3 rings (SSSR count). The average molecular weight is 464 g/mol. The van der Waals surface area contributed by atoms with Gasteiger partial charge >= 0.3 is 0 Å². The number of carbonyl (C=O) groups is 1. The highest BCUT2D eigenvalue weighted by Gasteiger charge is 2.26. The van der Waals surface area contributed by atoms with Gasteiger partial charge in [0, 0.05) is 5.02 Å². The molecule has 1 amide bonds. The Kier molecular flexibility index (Phi) is 7.94. The molecule has 2 unspecified atom stereocenters. The van der Waals surface area contributed by atoms with Crippen LogP contribution in [0.4, 0.5) is 0 Å². The normalized spacial score (nSPS) is 12.5. The van der Waals surface area contributed by atoms with Crippen molar-refractivity contribution in [2.24, 2.45) is 5.73 Å². The largest absolute Gasteiger partial charge is 0.497 e. The zero-order chi connectivity index (χ0) is 24.0. The van der Waals surface area contributed by atoms with E-state index in [-0.39, 0.29) is 12.0 Å². The van der Waals surface area contributed by atoms with E-state index in [2.05, 4.69) is 11.4 Å². The Morgan fingerprint density at radius 2 is 1.79 bits per heavy atom. The van der Waals surface area contributed by atoms with E-state index in [1.165, 1.54) is 0 Å². The molecule has 0 radical (unpaired) electrons. The molecule has 0 aliphatic heterocycles. The number of carbonyl (C=O) groups excluding carboxylic acids is 1. The number of nitrogens with two attached hydrogens (primary N) is 1. The van der Waals surface area contributed by atoms with Crippen molar-refractivity contribution in [3.8, 4) is 17.6 Å². The predicted molar refractivity (Wildman–Crippen MR) is 129 cm³/mol. The number of hydrogen-bond donors (Lipinski definition) is 2. The van der Waals surface area contributed by atoms with Crippen LogP contribution in [-0.4, -0.2) is 19.1 Å². The second-order valence-electron chi connectivity index (χ2n) is 7.79. The van der Waals surface area contributed by atoms with Crippen LogP contribution in [0.25, 0.3) is 0 Å². The first-order chi connectivity index (χ1) is 15.8. The summed E-state index contributed by atoms with van der Waals surface area (Å²) in [7, 11) is 1.58. The maximum atomic E-state index is 13.4. The van der Waals surface area contributed by atoms with Gasteiger partial charge < -0.3 is 20.5 Å². The molecule has 3 aromatic carbocycles. The molecular weight excluding hydrogens is 438 g/mol. The number of nitriles is 1. The number of benzene rings is 3. The third kappa shape index (κ3) is 6.04. The molecule has 0 aliphatic carbocycles. The zero-order valence-corrected chi connectivity index (χ0v) is 19.5. The zero-order valence-electron chi connectivity index (χ0n) is 18.7. The van der Waals surface area contributed by atoms with Crippen molar-refractivity contribution >= 4 is 17.5 Å².